The minimum absolute atomic E-state index is 0. The van der Waals surface area contributed by atoms with Crippen LogP contribution in [0.5, 0.6) is 0 Å². The van der Waals surface area contributed by atoms with Gasteiger partial charge >= 0.3 is 0 Å². The zero-order chi connectivity index (χ0) is 20.5. The lowest BCUT2D eigenvalue weighted by Gasteiger charge is -2.38. The fourth-order valence-electron chi connectivity index (χ4n) is 3.91. The van der Waals surface area contributed by atoms with E-state index >= 15 is 0 Å². The Bertz CT molecular complexity index is 777. The van der Waals surface area contributed by atoms with Crippen molar-refractivity contribution in [2.45, 2.75) is 44.1 Å². The number of halogens is 2. The number of nitrogens with one attached hydrogen (secondary N) is 2. The van der Waals surface area contributed by atoms with Crippen LogP contribution in [0, 0.1) is 5.82 Å². The van der Waals surface area contributed by atoms with E-state index < -0.39 is 0 Å². The molecule has 0 spiro atoms. The van der Waals surface area contributed by atoms with Gasteiger partial charge in [0, 0.05) is 38.3 Å². The molecule has 0 aliphatic carbocycles. The number of aliphatic imine (C=N–C) groups is 1. The molecular formula is C24H33FIN3O. The number of aryl methyl sites for hydroxylation is 1. The van der Waals surface area contributed by atoms with Crippen molar-refractivity contribution in [2.75, 3.05) is 26.8 Å². The van der Waals surface area contributed by atoms with Crippen molar-refractivity contribution in [3.8, 4) is 0 Å². The Kier molecular flexibility index (Phi) is 10.0. The molecule has 164 valence electrons. The molecule has 3 rings (SSSR count). The standard InChI is InChI=1S/C24H32FN3O.HI/c1-19(8-9-20-6-4-3-5-7-20)28-23(26-2)27-18-24(14-16-29-17-15-24)21-10-12-22(25)13-11-21;/h3-7,10-13,19H,8-9,14-18H2,1-2H3,(H2,26,27,28);1H. The Morgan fingerprint density at radius 2 is 1.77 bits per heavy atom. The van der Waals surface area contributed by atoms with Crippen LogP contribution in [0.4, 0.5) is 4.39 Å². The zero-order valence-electron chi connectivity index (χ0n) is 17.9. The third-order valence-electron chi connectivity index (χ3n) is 5.82. The predicted octanol–water partition coefficient (Wildman–Crippen LogP) is 4.68. The first-order valence-electron chi connectivity index (χ1n) is 10.5. The second kappa shape index (κ2) is 12.2. The number of nitrogens with zero attached hydrogens (tertiary/aromatic N) is 1. The Labute approximate surface area is 196 Å². The van der Waals surface area contributed by atoms with Crippen molar-refractivity contribution in [1.29, 1.82) is 0 Å². The van der Waals surface area contributed by atoms with Gasteiger partial charge in [0.15, 0.2) is 5.96 Å². The molecule has 1 unspecified atom stereocenters. The van der Waals surface area contributed by atoms with Crippen LogP contribution in [-0.4, -0.2) is 38.8 Å². The molecule has 1 heterocycles. The summed E-state index contributed by atoms with van der Waals surface area (Å²) in [5, 5.41) is 7.01. The van der Waals surface area contributed by atoms with E-state index in [1.807, 2.05) is 18.2 Å². The third-order valence-corrected chi connectivity index (χ3v) is 5.82. The van der Waals surface area contributed by atoms with Crippen molar-refractivity contribution in [3.63, 3.8) is 0 Å². The SMILES string of the molecule is CN=C(NCC1(c2ccc(F)cc2)CCOCC1)NC(C)CCc1ccccc1.I. The lowest BCUT2D eigenvalue weighted by atomic mass is 9.74. The first-order valence-corrected chi connectivity index (χ1v) is 10.5. The van der Waals surface area contributed by atoms with Gasteiger partial charge in [-0.05, 0) is 55.9 Å². The molecular weight excluding hydrogens is 492 g/mol. The number of hydrogen-bond donors (Lipinski definition) is 2. The summed E-state index contributed by atoms with van der Waals surface area (Å²) in [6, 6.07) is 17.7. The molecule has 1 fully saturated rings. The molecule has 0 aromatic heterocycles. The van der Waals surface area contributed by atoms with Gasteiger partial charge in [-0.2, -0.15) is 0 Å². The van der Waals surface area contributed by atoms with E-state index in [4.69, 9.17) is 4.74 Å². The molecule has 0 radical (unpaired) electrons. The monoisotopic (exact) mass is 525 g/mol. The summed E-state index contributed by atoms with van der Waals surface area (Å²) in [5.74, 6) is 0.604. The number of guanidine groups is 1. The maximum atomic E-state index is 13.4. The highest BCUT2D eigenvalue weighted by atomic mass is 127. The van der Waals surface area contributed by atoms with Crippen molar-refractivity contribution in [1.82, 2.24) is 10.6 Å². The van der Waals surface area contributed by atoms with Crippen LogP contribution in [-0.2, 0) is 16.6 Å². The van der Waals surface area contributed by atoms with E-state index in [0.29, 0.717) is 6.04 Å². The second-order valence-corrected chi connectivity index (χ2v) is 7.90. The molecule has 1 aliphatic rings. The summed E-state index contributed by atoms with van der Waals surface area (Å²) in [7, 11) is 1.80. The lowest BCUT2D eigenvalue weighted by molar-refractivity contribution is 0.0513. The van der Waals surface area contributed by atoms with Crippen molar-refractivity contribution in [2.24, 2.45) is 4.99 Å². The molecule has 2 N–H and O–H groups in total. The number of rotatable bonds is 7. The fraction of sp³-hybridized carbons (Fsp3) is 0.458. The normalized spacial score (nSPS) is 17.0. The van der Waals surface area contributed by atoms with Crippen LogP contribution < -0.4 is 10.6 Å². The Balaban J connectivity index is 0.00000320. The van der Waals surface area contributed by atoms with Gasteiger partial charge in [0.05, 0.1) is 0 Å². The molecule has 0 amide bonds. The molecule has 2 aromatic carbocycles. The molecule has 0 bridgehead atoms. The fourth-order valence-corrected chi connectivity index (χ4v) is 3.91. The molecule has 30 heavy (non-hydrogen) atoms. The Hall–Kier alpha value is -1.67. The van der Waals surface area contributed by atoms with Crippen molar-refractivity contribution >= 4 is 29.9 Å². The van der Waals surface area contributed by atoms with Gasteiger partial charge in [-0.1, -0.05) is 42.5 Å². The quantitative estimate of drug-likeness (QED) is 0.314. The van der Waals surface area contributed by atoms with Crippen molar-refractivity contribution < 1.29 is 9.13 Å². The molecule has 4 nitrogen and oxygen atoms in total. The van der Waals surface area contributed by atoms with Gasteiger partial charge in [0.1, 0.15) is 5.82 Å². The van der Waals surface area contributed by atoms with E-state index in [0.717, 1.165) is 57.0 Å². The predicted molar refractivity (Wildman–Crippen MR) is 132 cm³/mol. The van der Waals surface area contributed by atoms with E-state index in [9.17, 15) is 4.39 Å². The van der Waals surface area contributed by atoms with E-state index in [-0.39, 0.29) is 35.2 Å². The lowest BCUT2D eigenvalue weighted by Crippen LogP contribution is -2.49. The first kappa shape index (κ1) is 24.6. The molecule has 1 saturated heterocycles. The molecule has 0 saturated carbocycles. The third kappa shape index (κ3) is 6.94. The molecule has 2 aromatic rings. The maximum absolute atomic E-state index is 13.4. The average molecular weight is 525 g/mol. The molecule has 6 heteroatoms. The van der Waals surface area contributed by atoms with Crippen LogP contribution >= 0.6 is 24.0 Å². The average Bonchev–Trinajstić information content (AvgIpc) is 2.77. The van der Waals surface area contributed by atoms with Gasteiger partial charge in [-0.15, -0.1) is 24.0 Å². The Morgan fingerprint density at radius 1 is 1.10 bits per heavy atom. The van der Waals surface area contributed by atoms with Crippen LogP contribution in [0.15, 0.2) is 59.6 Å². The van der Waals surface area contributed by atoms with E-state index in [1.165, 1.54) is 5.56 Å². The van der Waals surface area contributed by atoms with Gasteiger partial charge in [0.2, 0.25) is 0 Å². The van der Waals surface area contributed by atoms with Crippen molar-refractivity contribution in [3.05, 3.63) is 71.5 Å². The highest BCUT2D eigenvalue weighted by Crippen LogP contribution is 2.34. The van der Waals surface area contributed by atoms with Crippen LogP contribution in [0.25, 0.3) is 0 Å². The highest BCUT2D eigenvalue weighted by Gasteiger charge is 2.34. The summed E-state index contributed by atoms with van der Waals surface area (Å²) >= 11 is 0. The first-order chi connectivity index (χ1) is 14.1. The van der Waals surface area contributed by atoms with E-state index in [2.05, 4.69) is 46.8 Å². The van der Waals surface area contributed by atoms with Crippen LogP contribution in [0.3, 0.4) is 0 Å². The van der Waals surface area contributed by atoms with Crippen LogP contribution in [0.1, 0.15) is 37.3 Å². The van der Waals surface area contributed by atoms with Gasteiger partial charge in [0.25, 0.3) is 0 Å². The maximum Gasteiger partial charge on any atom is 0.191 e. The highest BCUT2D eigenvalue weighted by molar-refractivity contribution is 14.0. The largest absolute Gasteiger partial charge is 0.381 e. The number of hydrogen-bond acceptors (Lipinski definition) is 2. The van der Waals surface area contributed by atoms with Crippen LogP contribution in [0.2, 0.25) is 0 Å². The molecule has 1 atom stereocenters. The summed E-state index contributed by atoms with van der Waals surface area (Å²) in [6.07, 6.45) is 3.88. The summed E-state index contributed by atoms with van der Waals surface area (Å²) in [5.41, 5.74) is 2.43. The zero-order valence-corrected chi connectivity index (χ0v) is 20.2. The topological polar surface area (TPSA) is 45.7 Å². The summed E-state index contributed by atoms with van der Waals surface area (Å²) < 4.78 is 19.0. The summed E-state index contributed by atoms with van der Waals surface area (Å²) in [6.45, 7) is 4.37. The minimum Gasteiger partial charge on any atom is -0.381 e. The number of ether oxygens (including phenoxy) is 1. The minimum atomic E-state index is -0.200. The van der Waals surface area contributed by atoms with Gasteiger partial charge in [-0.3, -0.25) is 4.99 Å². The second-order valence-electron chi connectivity index (χ2n) is 7.90. The smallest absolute Gasteiger partial charge is 0.191 e. The number of benzene rings is 2. The van der Waals surface area contributed by atoms with Gasteiger partial charge in [-0.25, -0.2) is 4.39 Å². The Morgan fingerprint density at radius 3 is 2.40 bits per heavy atom. The molecule has 1 aliphatic heterocycles. The summed E-state index contributed by atoms with van der Waals surface area (Å²) in [4.78, 5) is 4.41. The van der Waals surface area contributed by atoms with Gasteiger partial charge < -0.3 is 15.4 Å². The van der Waals surface area contributed by atoms with E-state index in [1.54, 1.807) is 19.2 Å².